The average molecular weight is 407 g/mol. The smallest absolute Gasteiger partial charge is 0.351 e. The summed E-state index contributed by atoms with van der Waals surface area (Å²) in [6, 6.07) is 7.48. The number of esters is 2. The van der Waals surface area contributed by atoms with Gasteiger partial charge in [-0.05, 0) is 30.7 Å². The normalized spacial score (nSPS) is 27.1. The molecule has 1 aromatic heterocycles. The SMILES string of the molecule is CC[C@@]1(OC(C)=O)C(=O)OCC2C(=O)N3Cc4cc5c(N)cccc5nc4C3=CC21. The molecular formula is C22H21N3O5. The monoisotopic (exact) mass is 407 g/mol. The lowest BCUT2D eigenvalue weighted by molar-refractivity contribution is -0.204. The van der Waals surface area contributed by atoms with Gasteiger partial charge in [-0.3, -0.25) is 9.59 Å². The molecule has 3 aliphatic rings. The van der Waals surface area contributed by atoms with E-state index in [1.807, 2.05) is 30.3 Å². The third-order valence-corrected chi connectivity index (χ3v) is 6.32. The van der Waals surface area contributed by atoms with Crippen molar-refractivity contribution in [2.45, 2.75) is 32.4 Å². The Hall–Kier alpha value is -3.42. The van der Waals surface area contributed by atoms with Crippen molar-refractivity contribution in [2.24, 2.45) is 11.8 Å². The van der Waals surface area contributed by atoms with Crippen LogP contribution in [0.2, 0.25) is 0 Å². The van der Waals surface area contributed by atoms with Crippen LogP contribution >= 0.6 is 0 Å². The van der Waals surface area contributed by atoms with Crippen molar-refractivity contribution in [3.05, 3.63) is 41.6 Å². The first-order valence-electron chi connectivity index (χ1n) is 9.94. The van der Waals surface area contributed by atoms with E-state index in [1.165, 1.54) is 6.92 Å². The van der Waals surface area contributed by atoms with Gasteiger partial charge in [-0.1, -0.05) is 13.0 Å². The van der Waals surface area contributed by atoms with Gasteiger partial charge in [0.25, 0.3) is 0 Å². The Bertz CT molecular complexity index is 1160. The van der Waals surface area contributed by atoms with Crippen LogP contribution in [-0.2, 0) is 30.4 Å². The maximum absolute atomic E-state index is 13.4. The second-order valence-electron chi connectivity index (χ2n) is 7.95. The van der Waals surface area contributed by atoms with E-state index in [4.69, 9.17) is 20.2 Å². The van der Waals surface area contributed by atoms with E-state index < -0.39 is 29.4 Å². The molecule has 0 bridgehead atoms. The average Bonchev–Trinajstić information content (AvgIpc) is 3.07. The highest BCUT2D eigenvalue weighted by atomic mass is 16.6. The van der Waals surface area contributed by atoms with E-state index in [0.717, 1.165) is 16.5 Å². The predicted octanol–water partition coefficient (Wildman–Crippen LogP) is 2.01. The molecule has 4 heterocycles. The summed E-state index contributed by atoms with van der Waals surface area (Å²) in [6.45, 7) is 3.34. The van der Waals surface area contributed by atoms with Crippen molar-refractivity contribution in [3.8, 4) is 0 Å². The second kappa shape index (κ2) is 6.29. The summed E-state index contributed by atoms with van der Waals surface area (Å²) in [5.41, 5.74) is 8.15. The number of carbonyl (C=O) groups is 3. The molecule has 1 aromatic carbocycles. The second-order valence-corrected chi connectivity index (χ2v) is 7.95. The largest absolute Gasteiger partial charge is 0.462 e. The van der Waals surface area contributed by atoms with Gasteiger partial charge in [0.05, 0.1) is 29.4 Å². The Morgan fingerprint density at radius 1 is 1.40 bits per heavy atom. The van der Waals surface area contributed by atoms with Crippen LogP contribution in [-0.4, -0.2) is 39.9 Å². The molecule has 8 heteroatoms. The topological polar surface area (TPSA) is 112 Å². The first-order valence-corrected chi connectivity index (χ1v) is 9.94. The molecule has 1 saturated heterocycles. The maximum atomic E-state index is 13.4. The number of hydrogen-bond acceptors (Lipinski definition) is 7. The molecule has 5 rings (SSSR count). The highest BCUT2D eigenvalue weighted by molar-refractivity contribution is 5.99. The lowest BCUT2D eigenvalue weighted by Gasteiger charge is -2.46. The fourth-order valence-corrected chi connectivity index (χ4v) is 4.87. The molecule has 2 unspecified atom stereocenters. The van der Waals surface area contributed by atoms with Gasteiger partial charge in [0, 0.05) is 29.5 Å². The third kappa shape index (κ3) is 2.39. The maximum Gasteiger partial charge on any atom is 0.351 e. The number of rotatable bonds is 2. The number of nitrogens with two attached hydrogens (primary N) is 1. The molecule has 0 spiro atoms. The first-order chi connectivity index (χ1) is 14.4. The Labute approximate surface area is 172 Å². The van der Waals surface area contributed by atoms with Crippen LogP contribution < -0.4 is 5.73 Å². The lowest BCUT2D eigenvalue weighted by atomic mass is 9.72. The van der Waals surface area contributed by atoms with Gasteiger partial charge in [-0.2, -0.15) is 0 Å². The van der Waals surface area contributed by atoms with Crippen molar-refractivity contribution < 1.29 is 23.9 Å². The van der Waals surface area contributed by atoms with E-state index in [1.54, 1.807) is 11.8 Å². The number of fused-ring (bicyclic) bond motifs is 5. The van der Waals surface area contributed by atoms with Crippen LogP contribution in [0.15, 0.2) is 30.3 Å². The first kappa shape index (κ1) is 18.6. The summed E-state index contributed by atoms with van der Waals surface area (Å²) < 4.78 is 10.8. The molecule has 154 valence electrons. The van der Waals surface area contributed by atoms with Crippen LogP contribution in [0.1, 0.15) is 31.5 Å². The van der Waals surface area contributed by atoms with Gasteiger partial charge in [-0.15, -0.1) is 0 Å². The zero-order chi connectivity index (χ0) is 21.2. The summed E-state index contributed by atoms with van der Waals surface area (Å²) in [5.74, 6) is -2.59. The number of amides is 1. The molecule has 2 aromatic rings. The quantitative estimate of drug-likeness (QED) is 0.599. The van der Waals surface area contributed by atoms with Crippen molar-refractivity contribution in [2.75, 3.05) is 12.3 Å². The van der Waals surface area contributed by atoms with Crippen molar-refractivity contribution >= 4 is 40.1 Å². The molecule has 0 aliphatic carbocycles. The minimum atomic E-state index is -1.52. The van der Waals surface area contributed by atoms with E-state index >= 15 is 0 Å². The summed E-state index contributed by atoms with van der Waals surface area (Å²) >= 11 is 0. The number of aromatic nitrogens is 1. The van der Waals surface area contributed by atoms with E-state index in [0.29, 0.717) is 23.6 Å². The summed E-state index contributed by atoms with van der Waals surface area (Å²) in [4.78, 5) is 44.3. The Balaban J connectivity index is 1.69. The Morgan fingerprint density at radius 2 is 2.20 bits per heavy atom. The zero-order valence-electron chi connectivity index (χ0n) is 16.7. The molecule has 3 atom stereocenters. The van der Waals surface area contributed by atoms with E-state index in [2.05, 4.69) is 0 Å². The van der Waals surface area contributed by atoms with Gasteiger partial charge >= 0.3 is 11.9 Å². The molecule has 30 heavy (non-hydrogen) atoms. The summed E-state index contributed by atoms with van der Waals surface area (Å²) in [7, 11) is 0. The number of ether oxygens (including phenoxy) is 2. The minimum absolute atomic E-state index is 0.0374. The fourth-order valence-electron chi connectivity index (χ4n) is 4.87. The highest BCUT2D eigenvalue weighted by Gasteiger charge is 2.59. The lowest BCUT2D eigenvalue weighted by Crippen LogP contribution is -2.60. The number of benzene rings is 1. The van der Waals surface area contributed by atoms with Crippen LogP contribution in [0, 0.1) is 11.8 Å². The Kier molecular flexibility index (Phi) is 3.90. The standard InChI is InChI=1S/C22H21N3O5/c1-3-22(30-11(2)26)15-8-18-19-12(7-13-16(23)5-4-6-17(13)24-19)9-25(18)20(27)14(15)10-29-21(22)28/h4-8,14-15H,3,9-10,23H2,1-2H3/t14?,15?,22-/m0/s1. The summed E-state index contributed by atoms with van der Waals surface area (Å²) in [6.07, 6.45) is 2.06. The highest BCUT2D eigenvalue weighted by Crippen LogP contribution is 2.47. The van der Waals surface area contributed by atoms with E-state index in [9.17, 15) is 14.4 Å². The van der Waals surface area contributed by atoms with Crippen LogP contribution in [0.5, 0.6) is 0 Å². The van der Waals surface area contributed by atoms with Crippen LogP contribution in [0.3, 0.4) is 0 Å². The Morgan fingerprint density at radius 3 is 2.93 bits per heavy atom. The molecule has 2 N–H and O–H groups in total. The number of pyridine rings is 1. The van der Waals surface area contributed by atoms with Crippen molar-refractivity contribution in [1.29, 1.82) is 0 Å². The number of nitrogen functional groups attached to an aromatic ring is 1. The molecule has 8 nitrogen and oxygen atoms in total. The van der Waals surface area contributed by atoms with Crippen molar-refractivity contribution in [1.82, 2.24) is 9.88 Å². The van der Waals surface area contributed by atoms with Crippen LogP contribution in [0.25, 0.3) is 16.6 Å². The number of carbonyl (C=O) groups excluding carboxylic acids is 3. The van der Waals surface area contributed by atoms with Gasteiger partial charge in [-0.25, -0.2) is 9.78 Å². The molecule has 0 radical (unpaired) electrons. The van der Waals surface area contributed by atoms with E-state index in [-0.39, 0.29) is 18.9 Å². The predicted molar refractivity (Wildman–Crippen MR) is 107 cm³/mol. The number of hydrogen-bond donors (Lipinski definition) is 1. The molecule has 0 saturated carbocycles. The fraction of sp³-hybridized carbons (Fsp3) is 0.364. The molecule has 3 aliphatic heterocycles. The third-order valence-electron chi connectivity index (χ3n) is 6.32. The number of nitrogens with zero attached hydrogens (tertiary/aromatic N) is 2. The van der Waals surface area contributed by atoms with Gasteiger partial charge in [0.2, 0.25) is 11.5 Å². The van der Waals surface area contributed by atoms with Gasteiger partial charge in [0.15, 0.2) is 0 Å². The number of cyclic esters (lactones) is 1. The van der Waals surface area contributed by atoms with Gasteiger partial charge in [0.1, 0.15) is 6.61 Å². The van der Waals surface area contributed by atoms with Crippen molar-refractivity contribution in [3.63, 3.8) is 0 Å². The molecule has 1 amide bonds. The van der Waals surface area contributed by atoms with Crippen LogP contribution in [0.4, 0.5) is 5.69 Å². The number of anilines is 1. The minimum Gasteiger partial charge on any atom is -0.462 e. The van der Waals surface area contributed by atoms with Gasteiger partial charge < -0.3 is 20.1 Å². The molecule has 1 fully saturated rings. The zero-order valence-corrected chi connectivity index (χ0v) is 16.7. The molecular weight excluding hydrogens is 386 g/mol. The summed E-state index contributed by atoms with van der Waals surface area (Å²) in [5, 5.41) is 0.836.